The van der Waals surface area contributed by atoms with Gasteiger partial charge in [0, 0.05) is 6.07 Å². The molecule has 0 saturated carbocycles. The molecule has 0 amide bonds. The number of hydrogen-bond donors (Lipinski definition) is 1. The van der Waals surface area contributed by atoms with Crippen LogP contribution >= 0.6 is 0 Å². The van der Waals surface area contributed by atoms with Crippen molar-refractivity contribution in [3.8, 4) is 17.6 Å². The Kier molecular flexibility index (Phi) is 4.39. The SMILES string of the molecule is COc1cc(C#N)ccc1OCC(O)C(F)(F)F. The normalized spacial score (nSPS) is 12.7. The highest BCUT2D eigenvalue weighted by Crippen LogP contribution is 2.29. The third-order valence-corrected chi connectivity index (χ3v) is 2.07. The van der Waals surface area contributed by atoms with Gasteiger partial charge in [0.2, 0.25) is 0 Å². The average molecular weight is 261 g/mol. The van der Waals surface area contributed by atoms with Crippen LogP contribution in [0, 0.1) is 11.3 Å². The van der Waals surface area contributed by atoms with Crippen LogP contribution in [-0.2, 0) is 0 Å². The molecule has 0 aliphatic heterocycles. The summed E-state index contributed by atoms with van der Waals surface area (Å²) in [6.07, 6.45) is -7.31. The molecule has 0 radical (unpaired) electrons. The highest BCUT2D eigenvalue weighted by molar-refractivity contribution is 5.46. The van der Waals surface area contributed by atoms with Crippen LogP contribution in [0.1, 0.15) is 5.56 Å². The van der Waals surface area contributed by atoms with Gasteiger partial charge in [-0.05, 0) is 12.1 Å². The highest BCUT2D eigenvalue weighted by atomic mass is 19.4. The smallest absolute Gasteiger partial charge is 0.417 e. The molecule has 4 nitrogen and oxygen atoms in total. The van der Waals surface area contributed by atoms with Crippen molar-refractivity contribution in [1.29, 1.82) is 5.26 Å². The first-order valence-corrected chi connectivity index (χ1v) is 4.84. The molecule has 1 aromatic carbocycles. The number of alkyl halides is 3. The third kappa shape index (κ3) is 3.53. The first-order valence-electron chi connectivity index (χ1n) is 4.84. The van der Waals surface area contributed by atoms with Crippen molar-refractivity contribution in [1.82, 2.24) is 0 Å². The van der Waals surface area contributed by atoms with E-state index in [9.17, 15) is 13.2 Å². The van der Waals surface area contributed by atoms with E-state index in [0.29, 0.717) is 0 Å². The molecule has 1 aromatic rings. The lowest BCUT2D eigenvalue weighted by atomic mass is 10.2. The molecule has 0 bridgehead atoms. The number of methoxy groups -OCH3 is 1. The summed E-state index contributed by atoms with van der Waals surface area (Å²) in [5.41, 5.74) is 0.288. The Morgan fingerprint density at radius 1 is 1.39 bits per heavy atom. The van der Waals surface area contributed by atoms with E-state index in [1.807, 2.05) is 6.07 Å². The summed E-state index contributed by atoms with van der Waals surface area (Å²) < 4.78 is 45.8. The molecule has 7 heteroatoms. The summed E-state index contributed by atoms with van der Waals surface area (Å²) in [7, 11) is 1.30. The fourth-order valence-electron chi connectivity index (χ4n) is 1.12. The van der Waals surface area contributed by atoms with Crippen LogP contribution in [0.5, 0.6) is 11.5 Å². The van der Waals surface area contributed by atoms with Gasteiger partial charge in [0.25, 0.3) is 0 Å². The molecule has 98 valence electrons. The predicted molar refractivity (Wildman–Crippen MR) is 55.3 cm³/mol. The lowest BCUT2D eigenvalue weighted by Gasteiger charge is -2.16. The molecule has 0 heterocycles. The highest BCUT2D eigenvalue weighted by Gasteiger charge is 2.38. The van der Waals surface area contributed by atoms with Crippen molar-refractivity contribution in [2.24, 2.45) is 0 Å². The van der Waals surface area contributed by atoms with Crippen LogP contribution in [-0.4, -0.2) is 31.1 Å². The summed E-state index contributed by atoms with van der Waals surface area (Å²) in [6, 6.07) is 5.86. The Hall–Kier alpha value is -1.94. The fraction of sp³-hybridized carbons (Fsp3) is 0.364. The molecule has 0 fully saturated rings. The molecule has 1 atom stereocenters. The van der Waals surface area contributed by atoms with Gasteiger partial charge in [-0.15, -0.1) is 0 Å². The van der Waals surface area contributed by atoms with Gasteiger partial charge in [-0.1, -0.05) is 0 Å². The Bertz CT molecular complexity index is 454. The minimum atomic E-state index is -4.74. The van der Waals surface area contributed by atoms with Crippen molar-refractivity contribution in [3.63, 3.8) is 0 Å². The monoisotopic (exact) mass is 261 g/mol. The van der Waals surface area contributed by atoms with Crippen LogP contribution < -0.4 is 9.47 Å². The van der Waals surface area contributed by atoms with E-state index in [2.05, 4.69) is 0 Å². The first kappa shape index (κ1) is 14.1. The second-order valence-corrected chi connectivity index (χ2v) is 3.35. The zero-order chi connectivity index (χ0) is 13.8. The molecule has 1 rings (SSSR count). The number of ether oxygens (including phenoxy) is 2. The van der Waals surface area contributed by atoms with Crippen molar-refractivity contribution < 1.29 is 27.8 Å². The van der Waals surface area contributed by atoms with Crippen molar-refractivity contribution in [3.05, 3.63) is 23.8 Å². The topological polar surface area (TPSA) is 62.5 Å². The van der Waals surface area contributed by atoms with Crippen LogP contribution in [0.15, 0.2) is 18.2 Å². The zero-order valence-electron chi connectivity index (χ0n) is 9.36. The van der Waals surface area contributed by atoms with Gasteiger partial charge in [0.1, 0.15) is 6.61 Å². The summed E-state index contributed by atoms with van der Waals surface area (Å²) in [5, 5.41) is 17.4. The lowest BCUT2D eigenvalue weighted by Crippen LogP contribution is -2.34. The third-order valence-electron chi connectivity index (χ3n) is 2.07. The van der Waals surface area contributed by atoms with E-state index in [0.717, 1.165) is 0 Å². The van der Waals surface area contributed by atoms with Gasteiger partial charge in [-0.2, -0.15) is 18.4 Å². The second-order valence-electron chi connectivity index (χ2n) is 3.35. The summed E-state index contributed by atoms with van der Waals surface area (Å²) in [6.45, 7) is -0.939. The number of nitrogens with zero attached hydrogens (tertiary/aromatic N) is 1. The van der Waals surface area contributed by atoms with Gasteiger partial charge >= 0.3 is 6.18 Å². The van der Waals surface area contributed by atoms with Crippen molar-refractivity contribution >= 4 is 0 Å². The van der Waals surface area contributed by atoms with E-state index in [1.165, 1.54) is 25.3 Å². The minimum absolute atomic E-state index is 0.0276. The minimum Gasteiger partial charge on any atom is -0.493 e. The maximum Gasteiger partial charge on any atom is 0.417 e. The molecule has 0 saturated heterocycles. The van der Waals surface area contributed by atoms with Gasteiger partial charge in [0.15, 0.2) is 17.6 Å². The van der Waals surface area contributed by atoms with Crippen molar-refractivity contribution in [2.45, 2.75) is 12.3 Å². The number of aliphatic hydroxyl groups excluding tert-OH is 1. The second kappa shape index (κ2) is 5.60. The summed E-state index contributed by atoms with van der Waals surface area (Å²) in [4.78, 5) is 0. The van der Waals surface area contributed by atoms with E-state index < -0.39 is 18.9 Å². The van der Waals surface area contributed by atoms with E-state index in [1.54, 1.807) is 0 Å². The Balaban J connectivity index is 2.77. The molecule has 1 N–H and O–H groups in total. The Morgan fingerprint density at radius 3 is 2.56 bits per heavy atom. The number of halogens is 3. The quantitative estimate of drug-likeness (QED) is 0.898. The zero-order valence-corrected chi connectivity index (χ0v) is 9.36. The van der Waals surface area contributed by atoms with Crippen LogP contribution in [0.3, 0.4) is 0 Å². The van der Waals surface area contributed by atoms with Crippen LogP contribution in [0.2, 0.25) is 0 Å². The molecular formula is C11H10F3NO3. The lowest BCUT2D eigenvalue weighted by molar-refractivity contribution is -0.210. The maximum atomic E-state index is 12.0. The van der Waals surface area contributed by atoms with Gasteiger partial charge in [0.05, 0.1) is 18.7 Å². The molecule has 0 aliphatic rings. The summed E-state index contributed by atoms with van der Waals surface area (Å²) in [5.74, 6) is 0.156. The van der Waals surface area contributed by atoms with Crippen LogP contribution in [0.4, 0.5) is 13.2 Å². The summed E-state index contributed by atoms with van der Waals surface area (Å²) >= 11 is 0. The molecule has 0 spiro atoms. The number of nitriles is 1. The molecular weight excluding hydrogens is 251 g/mol. The predicted octanol–water partition coefficient (Wildman–Crippen LogP) is 1.87. The van der Waals surface area contributed by atoms with Crippen LogP contribution in [0.25, 0.3) is 0 Å². The number of hydrogen-bond acceptors (Lipinski definition) is 4. The molecule has 1 unspecified atom stereocenters. The van der Waals surface area contributed by atoms with Gasteiger partial charge in [-0.3, -0.25) is 0 Å². The number of aliphatic hydroxyl groups is 1. The molecule has 0 aliphatic carbocycles. The first-order chi connectivity index (χ1) is 8.38. The Morgan fingerprint density at radius 2 is 2.06 bits per heavy atom. The number of benzene rings is 1. The van der Waals surface area contributed by atoms with E-state index >= 15 is 0 Å². The average Bonchev–Trinajstić information content (AvgIpc) is 2.34. The number of rotatable bonds is 4. The standard InChI is InChI=1S/C11H10F3NO3/c1-17-9-4-7(5-15)2-3-8(9)18-6-10(16)11(12,13)14/h2-4,10,16H,6H2,1H3. The van der Waals surface area contributed by atoms with Crippen molar-refractivity contribution in [2.75, 3.05) is 13.7 Å². The van der Waals surface area contributed by atoms with E-state index in [4.69, 9.17) is 19.8 Å². The van der Waals surface area contributed by atoms with Gasteiger partial charge in [-0.25, -0.2) is 0 Å². The molecule has 18 heavy (non-hydrogen) atoms. The fourth-order valence-corrected chi connectivity index (χ4v) is 1.12. The van der Waals surface area contributed by atoms with E-state index in [-0.39, 0.29) is 17.1 Å². The maximum absolute atomic E-state index is 12.0. The Labute approximate surface area is 101 Å². The largest absolute Gasteiger partial charge is 0.493 e. The molecule has 0 aromatic heterocycles. The van der Waals surface area contributed by atoms with Gasteiger partial charge < -0.3 is 14.6 Å².